The first kappa shape index (κ1) is 12.5. The summed E-state index contributed by atoms with van der Waals surface area (Å²) in [6, 6.07) is 8.23. The first-order valence-corrected chi connectivity index (χ1v) is 6.33. The zero-order valence-corrected chi connectivity index (χ0v) is 9.91. The molecule has 0 radical (unpaired) electrons. The normalized spacial score (nSPS) is 12.2. The van der Waals surface area contributed by atoms with Gasteiger partial charge < -0.3 is 4.74 Å². The van der Waals surface area contributed by atoms with Gasteiger partial charge in [-0.15, -0.1) is 0 Å². The Labute approximate surface area is 96.0 Å². The average molecular weight is 238 g/mol. The molecule has 0 unspecified atom stereocenters. The van der Waals surface area contributed by atoms with E-state index >= 15 is 0 Å². The minimum absolute atomic E-state index is 0.261. The van der Waals surface area contributed by atoms with Gasteiger partial charge in [-0.1, -0.05) is 30.9 Å². The summed E-state index contributed by atoms with van der Waals surface area (Å²) in [5, 5.41) is 1.12. The van der Waals surface area contributed by atoms with Crippen LogP contribution in [0.2, 0.25) is 0 Å². The summed E-state index contributed by atoms with van der Waals surface area (Å²) in [6.07, 6.45) is 1.56. The van der Waals surface area contributed by atoms with Crippen molar-refractivity contribution in [2.45, 2.75) is 11.8 Å². The van der Waals surface area contributed by atoms with Crippen LogP contribution < -0.4 is 0 Å². The van der Waals surface area contributed by atoms with Crippen molar-refractivity contribution in [2.75, 3.05) is 6.61 Å². The number of rotatable bonds is 5. The van der Waals surface area contributed by atoms with Crippen LogP contribution in [0.25, 0.3) is 0 Å². The molecule has 4 heteroatoms. The van der Waals surface area contributed by atoms with Crippen molar-refractivity contribution in [3.63, 3.8) is 0 Å². The Kier molecular flexibility index (Phi) is 4.31. The summed E-state index contributed by atoms with van der Waals surface area (Å²) in [6.45, 7) is 5.39. The van der Waals surface area contributed by atoms with Gasteiger partial charge in [-0.25, -0.2) is 8.42 Å². The topological polar surface area (TPSA) is 43.4 Å². The lowest BCUT2D eigenvalue weighted by atomic mass is 10.4. The van der Waals surface area contributed by atoms with Crippen molar-refractivity contribution in [1.29, 1.82) is 0 Å². The molecule has 0 heterocycles. The minimum atomic E-state index is -3.41. The highest BCUT2D eigenvalue weighted by Gasteiger charge is 2.10. The van der Waals surface area contributed by atoms with Gasteiger partial charge in [0, 0.05) is 0 Å². The molecule has 0 fully saturated rings. The fourth-order valence-electron chi connectivity index (χ4n) is 1.12. The van der Waals surface area contributed by atoms with E-state index < -0.39 is 9.84 Å². The number of ether oxygens (including phenoxy) is 1. The Balaban J connectivity index is 2.92. The lowest BCUT2D eigenvalue weighted by Crippen LogP contribution is -1.99. The Hall–Kier alpha value is -1.55. The maximum Gasteiger partial charge on any atom is 0.203 e. The van der Waals surface area contributed by atoms with Crippen molar-refractivity contribution >= 4 is 9.84 Å². The second-order valence-corrected chi connectivity index (χ2v) is 4.98. The molecule has 0 aliphatic carbocycles. The maximum atomic E-state index is 11.8. The van der Waals surface area contributed by atoms with Crippen LogP contribution in [0.3, 0.4) is 0 Å². The number of allylic oxidation sites excluding steroid dienone is 1. The van der Waals surface area contributed by atoms with Crippen LogP contribution in [-0.4, -0.2) is 15.0 Å². The molecule has 0 spiro atoms. The maximum absolute atomic E-state index is 11.8. The van der Waals surface area contributed by atoms with Crippen molar-refractivity contribution in [3.8, 4) is 0 Å². The minimum Gasteiger partial charge on any atom is -0.493 e. The molecule has 0 aromatic heterocycles. The number of sulfone groups is 1. The van der Waals surface area contributed by atoms with E-state index in [1.165, 1.54) is 0 Å². The van der Waals surface area contributed by atoms with Crippen LogP contribution in [0.1, 0.15) is 6.92 Å². The first-order valence-electron chi connectivity index (χ1n) is 4.78. The number of hydrogen-bond acceptors (Lipinski definition) is 3. The van der Waals surface area contributed by atoms with Crippen LogP contribution in [-0.2, 0) is 14.6 Å². The number of benzene rings is 1. The average Bonchev–Trinajstić information content (AvgIpc) is 2.27. The second kappa shape index (κ2) is 5.51. The highest BCUT2D eigenvalue weighted by molar-refractivity contribution is 7.94. The zero-order chi connectivity index (χ0) is 12.0. The van der Waals surface area contributed by atoms with Crippen LogP contribution in [0, 0.1) is 0 Å². The Morgan fingerprint density at radius 1 is 1.38 bits per heavy atom. The molecule has 1 aromatic rings. The fraction of sp³-hybridized carbons (Fsp3) is 0.167. The largest absolute Gasteiger partial charge is 0.493 e. The van der Waals surface area contributed by atoms with Crippen molar-refractivity contribution in [1.82, 2.24) is 0 Å². The molecular formula is C12H14O3S. The van der Waals surface area contributed by atoms with E-state index in [9.17, 15) is 8.42 Å². The molecule has 0 atom stereocenters. The molecule has 0 aliphatic rings. The molecule has 0 N–H and O–H groups in total. The van der Waals surface area contributed by atoms with Crippen molar-refractivity contribution in [2.24, 2.45) is 0 Å². The van der Waals surface area contributed by atoms with Crippen molar-refractivity contribution < 1.29 is 13.2 Å². The number of hydrogen-bond donors (Lipinski definition) is 0. The molecule has 0 saturated heterocycles. The first-order chi connectivity index (χ1) is 7.56. The highest BCUT2D eigenvalue weighted by atomic mass is 32.2. The van der Waals surface area contributed by atoms with Gasteiger partial charge in [0.15, 0.2) is 0 Å². The monoisotopic (exact) mass is 238 g/mol. The van der Waals surface area contributed by atoms with E-state index in [-0.39, 0.29) is 4.90 Å². The second-order valence-electron chi connectivity index (χ2n) is 3.19. The van der Waals surface area contributed by atoms with Gasteiger partial charge >= 0.3 is 0 Å². The summed E-state index contributed by atoms with van der Waals surface area (Å²) in [5.74, 6) is 0.351. The molecule has 1 aromatic carbocycles. The Bertz CT molecular complexity index is 472. The summed E-state index contributed by atoms with van der Waals surface area (Å²) >= 11 is 0. The quantitative estimate of drug-likeness (QED) is 0.585. The van der Waals surface area contributed by atoms with E-state index in [4.69, 9.17) is 4.74 Å². The SMILES string of the molecule is C=CCO/C(C)=C/S(=O)(=O)c1ccccc1. The Morgan fingerprint density at radius 3 is 2.56 bits per heavy atom. The zero-order valence-electron chi connectivity index (χ0n) is 9.09. The van der Waals surface area contributed by atoms with Gasteiger partial charge in [-0.3, -0.25) is 0 Å². The van der Waals surface area contributed by atoms with Gasteiger partial charge in [0.2, 0.25) is 9.84 Å². The van der Waals surface area contributed by atoms with Crippen LogP contribution in [0.5, 0.6) is 0 Å². The predicted octanol–water partition coefficient (Wildman–Crippen LogP) is 2.52. The summed E-state index contributed by atoms with van der Waals surface area (Å²) < 4.78 is 28.8. The van der Waals surface area contributed by atoms with Crippen molar-refractivity contribution in [3.05, 3.63) is 54.2 Å². The third-order valence-corrected chi connectivity index (χ3v) is 3.39. The van der Waals surface area contributed by atoms with Gasteiger partial charge in [0.05, 0.1) is 10.3 Å². The molecular weight excluding hydrogens is 224 g/mol. The standard InChI is InChI=1S/C12H14O3S/c1-3-9-15-11(2)10-16(13,14)12-7-5-4-6-8-12/h3-8,10H,1,9H2,2H3/b11-10+. The van der Waals surface area contributed by atoms with E-state index in [1.807, 2.05) is 0 Å². The van der Waals surface area contributed by atoms with Crippen LogP contribution in [0.4, 0.5) is 0 Å². The molecule has 86 valence electrons. The lowest BCUT2D eigenvalue weighted by molar-refractivity contribution is 0.251. The van der Waals surface area contributed by atoms with Gasteiger partial charge in [0.1, 0.15) is 12.4 Å². The van der Waals surface area contributed by atoms with E-state index in [0.717, 1.165) is 5.41 Å². The van der Waals surface area contributed by atoms with E-state index in [0.29, 0.717) is 12.4 Å². The Morgan fingerprint density at radius 2 is 2.00 bits per heavy atom. The van der Waals surface area contributed by atoms with Gasteiger partial charge in [-0.05, 0) is 19.1 Å². The smallest absolute Gasteiger partial charge is 0.203 e. The molecule has 3 nitrogen and oxygen atoms in total. The van der Waals surface area contributed by atoms with E-state index in [2.05, 4.69) is 6.58 Å². The molecule has 0 amide bonds. The van der Waals surface area contributed by atoms with Gasteiger partial charge in [0.25, 0.3) is 0 Å². The lowest BCUT2D eigenvalue weighted by Gasteiger charge is -2.03. The van der Waals surface area contributed by atoms with Gasteiger partial charge in [-0.2, -0.15) is 0 Å². The van der Waals surface area contributed by atoms with Crippen LogP contribution >= 0.6 is 0 Å². The van der Waals surface area contributed by atoms with Crippen LogP contribution in [0.15, 0.2) is 59.0 Å². The van der Waals surface area contributed by atoms with E-state index in [1.54, 1.807) is 43.3 Å². The highest BCUT2D eigenvalue weighted by Crippen LogP contribution is 2.13. The molecule has 0 aliphatic heterocycles. The predicted molar refractivity (Wildman–Crippen MR) is 63.5 cm³/mol. The molecule has 16 heavy (non-hydrogen) atoms. The third kappa shape index (κ3) is 3.55. The summed E-state index contributed by atoms with van der Waals surface area (Å²) in [7, 11) is -3.41. The summed E-state index contributed by atoms with van der Waals surface area (Å²) in [4.78, 5) is 0.261. The molecule has 0 saturated carbocycles. The molecule has 0 bridgehead atoms. The summed E-state index contributed by atoms with van der Waals surface area (Å²) in [5.41, 5.74) is 0. The molecule has 1 rings (SSSR count). The fourth-order valence-corrected chi connectivity index (χ4v) is 2.30. The third-order valence-electron chi connectivity index (χ3n) is 1.82.